The Kier molecular flexibility index (Phi) is 5.33. The van der Waals surface area contributed by atoms with Gasteiger partial charge in [0.2, 0.25) is 0 Å². The van der Waals surface area contributed by atoms with Crippen molar-refractivity contribution >= 4 is 34.4 Å². The summed E-state index contributed by atoms with van der Waals surface area (Å²) in [6, 6.07) is 8.49. The Hall–Kier alpha value is -2.78. The van der Waals surface area contributed by atoms with Gasteiger partial charge in [-0.25, -0.2) is 14.6 Å². The third kappa shape index (κ3) is 3.88. The van der Waals surface area contributed by atoms with Gasteiger partial charge < -0.3 is 19.7 Å². The molecule has 0 amide bonds. The van der Waals surface area contributed by atoms with E-state index in [9.17, 15) is 0 Å². The highest BCUT2D eigenvalue weighted by atomic mass is 32.1. The highest BCUT2D eigenvalue weighted by Crippen LogP contribution is 2.40. The largest absolute Gasteiger partial charge is 0.473 e. The third-order valence-electron chi connectivity index (χ3n) is 5.74. The second-order valence-corrected chi connectivity index (χ2v) is 8.27. The number of nitrogens with zero attached hydrogens (tertiary/aromatic N) is 4. The van der Waals surface area contributed by atoms with Crippen molar-refractivity contribution in [2.75, 3.05) is 19.6 Å². The molecule has 3 fully saturated rings. The summed E-state index contributed by atoms with van der Waals surface area (Å²) in [5.41, 5.74) is 2.40. The summed E-state index contributed by atoms with van der Waals surface area (Å²) >= 11 is 1.61. The first kappa shape index (κ1) is 19.5. The maximum Gasteiger partial charge on any atom is 0.414 e. The molecule has 0 aliphatic carbocycles. The Morgan fingerprint density at radius 1 is 1.14 bits per heavy atom. The third-order valence-corrected chi connectivity index (χ3v) is 6.58. The molecule has 9 heteroatoms. The maximum absolute atomic E-state index is 9.10. The van der Waals surface area contributed by atoms with E-state index in [1.165, 1.54) is 48.4 Å². The Bertz CT molecular complexity index is 1040. The molecule has 0 saturated carbocycles. The van der Waals surface area contributed by atoms with Crippen molar-refractivity contribution in [3.05, 3.63) is 35.5 Å². The molecule has 3 aromatic rings. The number of benzene rings is 1. The number of aromatic nitrogens is 3. The van der Waals surface area contributed by atoms with Gasteiger partial charge in [0.1, 0.15) is 5.01 Å². The second-order valence-electron chi connectivity index (χ2n) is 7.48. The zero-order valence-corrected chi connectivity index (χ0v) is 16.8. The quantitative estimate of drug-likeness (QED) is 0.621. The zero-order valence-electron chi connectivity index (χ0n) is 16.0. The Balaban J connectivity index is 0.000000302. The topological polar surface area (TPSA) is 109 Å². The van der Waals surface area contributed by atoms with E-state index in [1.54, 1.807) is 11.5 Å². The lowest BCUT2D eigenvalue weighted by Gasteiger charge is -2.43. The first-order valence-corrected chi connectivity index (χ1v) is 10.3. The van der Waals surface area contributed by atoms with Crippen molar-refractivity contribution in [2.45, 2.75) is 18.8 Å². The summed E-state index contributed by atoms with van der Waals surface area (Å²) in [6.07, 6.45) is 4.81. The van der Waals surface area contributed by atoms with Crippen LogP contribution in [0.4, 0.5) is 0 Å². The summed E-state index contributed by atoms with van der Waals surface area (Å²) in [5.74, 6) is -1.34. The lowest BCUT2D eigenvalue weighted by atomic mass is 9.79. The predicted octanol–water partition coefficient (Wildman–Crippen LogP) is 2.66. The molecular weight excluding hydrogens is 392 g/mol. The van der Waals surface area contributed by atoms with Crippen LogP contribution in [0.25, 0.3) is 22.3 Å². The number of hydrogen-bond donors (Lipinski definition) is 2. The summed E-state index contributed by atoms with van der Waals surface area (Å²) < 4.78 is 6.87. The number of fused-ring (bicyclic) bond motifs is 4. The molecule has 2 bridgehead atoms. The standard InChI is InChI=1S/C18H20N4S.C2H2O4/c1-21-10-15(13-4-2-3-5-16(13)21)17-19-18(23-20-17)14-11-22-8-6-12(14)7-9-22;3-1(4)2(5)6/h2-5,10,12,14H,6-9,11H2,1H3;(H,3,4)(H,5,6). The van der Waals surface area contributed by atoms with Gasteiger partial charge in [-0.1, -0.05) is 18.2 Å². The van der Waals surface area contributed by atoms with Crippen molar-refractivity contribution < 1.29 is 19.8 Å². The summed E-state index contributed by atoms with van der Waals surface area (Å²) in [7, 11) is 2.09. The van der Waals surface area contributed by atoms with Crippen molar-refractivity contribution in [3.8, 4) is 11.4 Å². The predicted molar refractivity (Wildman–Crippen MR) is 109 cm³/mol. The molecular formula is C20H22N4O4S. The molecule has 0 radical (unpaired) electrons. The van der Waals surface area contributed by atoms with E-state index in [2.05, 4.69) is 47.0 Å². The van der Waals surface area contributed by atoms with Gasteiger partial charge in [0.05, 0.1) is 0 Å². The minimum Gasteiger partial charge on any atom is -0.473 e. The van der Waals surface area contributed by atoms with E-state index in [0.717, 1.165) is 17.3 Å². The van der Waals surface area contributed by atoms with E-state index in [0.29, 0.717) is 5.92 Å². The molecule has 3 aliphatic heterocycles. The molecule has 8 nitrogen and oxygen atoms in total. The van der Waals surface area contributed by atoms with Gasteiger partial charge >= 0.3 is 11.9 Å². The van der Waals surface area contributed by atoms with Crippen LogP contribution in [0.2, 0.25) is 0 Å². The normalized spacial score (nSPS) is 22.9. The Labute approximate surface area is 171 Å². The maximum atomic E-state index is 9.10. The minimum absolute atomic E-state index is 0.596. The molecule has 3 saturated heterocycles. The summed E-state index contributed by atoms with van der Waals surface area (Å²) in [6.45, 7) is 3.72. The van der Waals surface area contributed by atoms with Crippen molar-refractivity contribution in [3.63, 3.8) is 0 Å². The Morgan fingerprint density at radius 2 is 1.83 bits per heavy atom. The van der Waals surface area contributed by atoms with Gasteiger partial charge in [0, 0.05) is 42.2 Å². The van der Waals surface area contributed by atoms with Crippen LogP contribution >= 0.6 is 11.5 Å². The number of para-hydroxylation sites is 1. The number of piperidine rings is 3. The van der Waals surface area contributed by atoms with Crippen molar-refractivity contribution in [1.29, 1.82) is 0 Å². The van der Waals surface area contributed by atoms with E-state index in [4.69, 9.17) is 29.2 Å². The van der Waals surface area contributed by atoms with Crippen LogP contribution in [0, 0.1) is 5.92 Å². The van der Waals surface area contributed by atoms with Gasteiger partial charge in [-0.3, -0.25) is 0 Å². The van der Waals surface area contributed by atoms with Gasteiger partial charge in [-0.05, 0) is 49.4 Å². The van der Waals surface area contributed by atoms with Gasteiger partial charge in [0.15, 0.2) is 5.82 Å². The molecule has 1 aromatic carbocycles. The summed E-state index contributed by atoms with van der Waals surface area (Å²) in [5, 5.41) is 17.3. The average molecular weight is 414 g/mol. The average Bonchev–Trinajstić information content (AvgIpc) is 3.35. The van der Waals surface area contributed by atoms with E-state index in [-0.39, 0.29) is 0 Å². The van der Waals surface area contributed by atoms with Crippen LogP contribution in [0.5, 0.6) is 0 Å². The van der Waals surface area contributed by atoms with Crippen LogP contribution in [0.15, 0.2) is 30.5 Å². The smallest absolute Gasteiger partial charge is 0.414 e. The molecule has 0 spiro atoms. The number of rotatable bonds is 2. The highest BCUT2D eigenvalue weighted by molar-refractivity contribution is 7.05. The monoisotopic (exact) mass is 414 g/mol. The van der Waals surface area contributed by atoms with E-state index >= 15 is 0 Å². The van der Waals surface area contributed by atoms with Gasteiger partial charge in [-0.2, -0.15) is 4.37 Å². The number of carboxylic acid groups (broad SMARTS) is 2. The minimum atomic E-state index is -1.82. The first-order chi connectivity index (χ1) is 13.9. The number of hydrogen-bond acceptors (Lipinski definition) is 6. The fraction of sp³-hybridized carbons (Fsp3) is 0.400. The number of carbonyl (C=O) groups is 2. The molecule has 6 rings (SSSR count). The zero-order chi connectivity index (χ0) is 20.5. The molecule has 1 atom stereocenters. The van der Waals surface area contributed by atoms with Crippen LogP contribution in [0.1, 0.15) is 23.8 Å². The van der Waals surface area contributed by atoms with Crippen LogP contribution in [0.3, 0.4) is 0 Å². The molecule has 3 aliphatic rings. The van der Waals surface area contributed by atoms with Gasteiger partial charge in [-0.15, -0.1) is 0 Å². The van der Waals surface area contributed by atoms with E-state index < -0.39 is 11.9 Å². The first-order valence-electron chi connectivity index (χ1n) is 9.50. The van der Waals surface area contributed by atoms with Crippen LogP contribution in [-0.4, -0.2) is 60.6 Å². The highest BCUT2D eigenvalue weighted by Gasteiger charge is 2.37. The number of aliphatic carboxylic acids is 2. The van der Waals surface area contributed by atoms with Crippen LogP contribution in [-0.2, 0) is 16.6 Å². The molecule has 29 heavy (non-hydrogen) atoms. The fourth-order valence-corrected chi connectivity index (χ4v) is 5.11. The number of aryl methyl sites for hydroxylation is 1. The number of carboxylic acids is 2. The lowest BCUT2D eigenvalue weighted by Crippen LogP contribution is -2.46. The molecule has 152 valence electrons. The summed E-state index contributed by atoms with van der Waals surface area (Å²) in [4.78, 5) is 25.7. The van der Waals surface area contributed by atoms with Crippen molar-refractivity contribution in [2.24, 2.45) is 13.0 Å². The molecule has 5 heterocycles. The van der Waals surface area contributed by atoms with Crippen molar-refractivity contribution in [1.82, 2.24) is 18.8 Å². The lowest BCUT2D eigenvalue weighted by molar-refractivity contribution is -0.159. The van der Waals surface area contributed by atoms with Crippen LogP contribution < -0.4 is 0 Å². The molecule has 2 N–H and O–H groups in total. The van der Waals surface area contributed by atoms with E-state index in [1.807, 2.05) is 0 Å². The fourth-order valence-electron chi connectivity index (χ4n) is 4.26. The second kappa shape index (κ2) is 7.92. The Morgan fingerprint density at radius 3 is 2.45 bits per heavy atom. The molecule has 1 unspecified atom stereocenters. The molecule has 2 aromatic heterocycles. The SMILES string of the molecule is Cn1cc(-c2nsc(C3CN4CCC3CC4)n2)c2ccccc21.O=C(O)C(=O)O. The van der Waals surface area contributed by atoms with Gasteiger partial charge in [0.25, 0.3) is 0 Å².